The molecule has 1 atom stereocenters. The van der Waals surface area contributed by atoms with E-state index < -0.39 is 5.41 Å². The van der Waals surface area contributed by atoms with Crippen LogP contribution >= 0.6 is 11.6 Å². The fourth-order valence-corrected chi connectivity index (χ4v) is 4.64. The molecule has 6 nitrogen and oxygen atoms in total. The van der Waals surface area contributed by atoms with Gasteiger partial charge in [-0.2, -0.15) is 0 Å². The van der Waals surface area contributed by atoms with Crippen molar-refractivity contribution >= 4 is 17.5 Å². The maximum atomic E-state index is 13.8. The van der Waals surface area contributed by atoms with E-state index >= 15 is 0 Å². The van der Waals surface area contributed by atoms with Crippen LogP contribution in [0.25, 0.3) is 0 Å². The number of furan rings is 1. The molecule has 2 saturated heterocycles. The van der Waals surface area contributed by atoms with Gasteiger partial charge in [0.2, 0.25) is 12.7 Å². The molecule has 0 N–H and O–H groups in total. The number of ether oxygens (including phenoxy) is 3. The predicted molar refractivity (Wildman–Crippen MR) is 114 cm³/mol. The third kappa shape index (κ3) is 3.13. The van der Waals surface area contributed by atoms with Crippen LogP contribution in [0.1, 0.15) is 25.5 Å². The molecule has 0 aromatic carbocycles. The highest BCUT2D eigenvalue weighted by atomic mass is 35.5. The zero-order valence-corrected chi connectivity index (χ0v) is 17.9. The molecule has 160 valence electrons. The first-order valence-electron chi connectivity index (χ1n) is 10.1. The Kier molecular flexibility index (Phi) is 4.82. The lowest BCUT2D eigenvalue weighted by atomic mass is 9.76. The third-order valence-corrected chi connectivity index (χ3v) is 6.35. The fraction of sp³-hybridized carbons (Fsp3) is 0.292. The van der Waals surface area contributed by atoms with Gasteiger partial charge in [-0.25, -0.2) is 0 Å². The van der Waals surface area contributed by atoms with Crippen LogP contribution in [0.4, 0.5) is 0 Å². The van der Waals surface area contributed by atoms with Crippen molar-refractivity contribution in [2.75, 3.05) is 13.4 Å². The number of hydrogen-bond donors (Lipinski definition) is 0. The Morgan fingerprint density at radius 2 is 2.16 bits per heavy atom. The van der Waals surface area contributed by atoms with Crippen molar-refractivity contribution in [3.05, 3.63) is 94.2 Å². The van der Waals surface area contributed by atoms with Gasteiger partial charge in [0.25, 0.3) is 0 Å². The maximum Gasteiger partial charge on any atom is 0.245 e. The SMILES string of the molecule is C=C1OCO/C1=C/CC1=C(C)C2(CO1)C(=O)N(Cc1ccc(Cl)o1)C1=CCC=CC=C12. The molecule has 1 aromatic rings. The Morgan fingerprint density at radius 1 is 1.29 bits per heavy atom. The Labute approximate surface area is 185 Å². The number of amides is 1. The van der Waals surface area contributed by atoms with Crippen LogP contribution in [-0.2, 0) is 25.5 Å². The minimum Gasteiger partial charge on any atom is -0.496 e. The number of halogens is 1. The van der Waals surface area contributed by atoms with E-state index in [1.165, 1.54) is 0 Å². The van der Waals surface area contributed by atoms with Gasteiger partial charge in [0, 0.05) is 12.1 Å². The number of allylic oxidation sites excluding steroid dienone is 6. The predicted octanol–water partition coefficient (Wildman–Crippen LogP) is 5.13. The summed E-state index contributed by atoms with van der Waals surface area (Å²) in [6.07, 6.45) is 11.3. The monoisotopic (exact) mass is 439 g/mol. The standard InChI is InChI=1S/C24H22ClNO5/c1-15-20(9-10-21-16(2)29-14-30-21)28-13-24(15)18-6-4-3-5-7-19(18)26(23(24)27)12-17-8-11-22(25)31-17/h3-4,6-8,10-11H,2,5,9,12-14H2,1H3/b21-10+. The number of hydrogen-bond acceptors (Lipinski definition) is 5. The van der Waals surface area contributed by atoms with E-state index in [1.54, 1.807) is 17.0 Å². The van der Waals surface area contributed by atoms with E-state index in [0.29, 0.717) is 35.5 Å². The highest BCUT2D eigenvalue weighted by molar-refractivity contribution is 6.28. The number of fused-ring (bicyclic) bond motifs is 2. The van der Waals surface area contributed by atoms with Crippen LogP contribution in [0.15, 0.2) is 87.6 Å². The van der Waals surface area contributed by atoms with Gasteiger partial charge < -0.3 is 23.5 Å². The molecule has 0 saturated carbocycles. The molecule has 0 radical (unpaired) electrons. The highest BCUT2D eigenvalue weighted by Gasteiger charge is 2.58. The molecule has 4 aliphatic rings. The quantitative estimate of drug-likeness (QED) is 0.651. The van der Waals surface area contributed by atoms with E-state index in [1.807, 2.05) is 25.2 Å². The van der Waals surface area contributed by atoms with E-state index in [4.69, 9.17) is 30.2 Å². The van der Waals surface area contributed by atoms with Gasteiger partial charge in [-0.1, -0.05) is 30.9 Å². The van der Waals surface area contributed by atoms with Crippen molar-refractivity contribution in [3.63, 3.8) is 0 Å². The molecule has 5 rings (SSSR count). The molecule has 1 aromatic heterocycles. The second-order valence-corrected chi connectivity index (χ2v) is 8.15. The molecule has 1 aliphatic carbocycles. The molecule has 31 heavy (non-hydrogen) atoms. The van der Waals surface area contributed by atoms with Crippen molar-refractivity contribution in [2.24, 2.45) is 5.41 Å². The Bertz CT molecular complexity index is 1120. The van der Waals surface area contributed by atoms with Crippen LogP contribution in [0.5, 0.6) is 0 Å². The van der Waals surface area contributed by atoms with Crippen molar-refractivity contribution in [2.45, 2.75) is 26.3 Å². The molecular weight excluding hydrogens is 418 g/mol. The zero-order valence-electron chi connectivity index (χ0n) is 17.2. The smallest absolute Gasteiger partial charge is 0.245 e. The lowest BCUT2D eigenvalue weighted by Gasteiger charge is -2.22. The first kappa shape index (κ1) is 19.8. The van der Waals surface area contributed by atoms with Gasteiger partial charge in [0.15, 0.2) is 16.7 Å². The Hall–Kier alpha value is -3.12. The average molecular weight is 440 g/mol. The molecule has 2 fully saturated rings. The van der Waals surface area contributed by atoms with Crippen LogP contribution in [0, 0.1) is 5.41 Å². The van der Waals surface area contributed by atoms with Crippen LogP contribution in [0.3, 0.4) is 0 Å². The number of nitrogens with zero attached hydrogens (tertiary/aromatic N) is 1. The molecule has 4 heterocycles. The summed E-state index contributed by atoms with van der Waals surface area (Å²) in [6.45, 7) is 6.55. The van der Waals surface area contributed by atoms with Crippen molar-refractivity contribution in [3.8, 4) is 0 Å². The van der Waals surface area contributed by atoms with E-state index in [-0.39, 0.29) is 19.3 Å². The number of likely N-dealkylation sites (tertiary alicyclic amines) is 1. The lowest BCUT2D eigenvalue weighted by Crippen LogP contribution is -2.36. The summed E-state index contributed by atoms with van der Waals surface area (Å²) in [7, 11) is 0. The summed E-state index contributed by atoms with van der Waals surface area (Å²) in [6, 6.07) is 3.48. The molecule has 1 amide bonds. The zero-order chi connectivity index (χ0) is 21.6. The highest BCUT2D eigenvalue weighted by Crippen LogP contribution is 2.54. The molecule has 1 spiro atoms. The van der Waals surface area contributed by atoms with E-state index in [9.17, 15) is 4.79 Å². The third-order valence-electron chi connectivity index (χ3n) is 6.14. The van der Waals surface area contributed by atoms with E-state index in [2.05, 4.69) is 18.7 Å². The molecule has 1 unspecified atom stereocenters. The number of carbonyl (C=O) groups excluding carboxylic acids is 1. The van der Waals surface area contributed by atoms with Crippen molar-refractivity contribution in [1.29, 1.82) is 0 Å². The summed E-state index contributed by atoms with van der Waals surface area (Å²) in [5.41, 5.74) is 1.90. The largest absolute Gasteiger partial charge is 0.496 e. The Morgan fingerprint density at radius 3 is 2.90 bits per heavy atom. The second-order valence-electron chi connectivity index (χ2n) is 7.78. The van der Waals surface area contributed by atoms with Gasteiger partial charge in [-0.15, -0.1) is 0 Å². The maximum absolute atomic E-state index is 13.8. The summed E-state index contributed by atoms with van der Waals surface area (Å²) in [5.74, 6) is 2.50. The number of rotatable bonds is 4. The Balaban J connectivity index is 1.52. The van der Waals surface area contributed by atoms with Crippen molar-refractivity contribution in [1.82, 2.24) is 4.90 Å². The first-order valence-corrected chi connectivity index (χ1v) is 10.5. The first-order chi connectivity index (χ1) is 15.0. The van der Waals surface area contributed by atoms with Gasteiger partial charge in [0.05, 0.1) is 6.54 Å². The minimum atomic E-state index is -0.852. The number of carbonyl (C=O) groups is 1. The molecule has 3 aliphatic heterocycles. The summed E-state index contributed by atoms with van der Waals surface area (Å²) in [5, 5.41) is 0.305. The normalized spacial score (nSPS) is 26.1. The van der Waals surface area contributed by atoms with Gasteiger partial charge in [-0.05, 0) is 54.3 Å². The van der Waals surface area contributed by atoms with Crippen LogP contribution < -0.4 is 0 Å². The summed E-state index contributed by atoms with van der Waals surface area (Å²) < 4.78 is 22.3. The van der Waals surface area contributed by atoms with Crippen LogP contribution in [0.2, 0.25) is 5.22 Å². The minimum absolute atomic E-state index is 0.0159. The average Bonchev–Trinajstić information content (AvgIpc) is 3.43. The molecule has 7 heteroatoms. The summed E-state index contributed by atoms with van der Waals surface area (Å²) >= 11 is 5.94. The molecular formula is C24H22ClNO5. The molecule has 0 bridgehead atoms. The van der Waals surface area contributed by atoms with E-state index in [0.717, 1.165) is 29.0 Å². The fourth-order valence-electron chi connectivity index (χ4n) is 4.48. The van der Waals surface area contributed by atoms with Gasteiger partial charge >= 0.3 is 0 Å². The van der Waals surface area contributed by atoms with Gasteiger partial charge in [0.1, 0.15) is 23.5 Å². The van der Waals surface area contributed by atoms with Gasteiger partial charge in [-0.3, -0.25) is 4.79 Å². The lowest BCUT2D eigenvalue weighted by molar-refractivity contribution is -0.134. The van der Waals surface area contributed by atoms with Crippen LogP contribution in [-0.4, -0.2) is 24.2 Å². The second kappa shape index (κ2) is 7.54. The topological polar surface area (TPSA) is 61.1 Å². The summed E-state index contributed by atoms with van der Waals surface area (Å²) in [4.78, 5) is 15.6. The van der Waals surface area contributed by atoms with Crippen molar-refractivity contribution < 1.29 is 23.4 Å².